The number of nitrogens with zero attached hydrogens (tertiary/aromatic N) is 3. The van der Waals surface area contributed by atoms with Gasteiger partial charge in [-0.25, -0.2) is 12.8 Å². The molecule has 0 unspecified atom stereocenters. The summed E-state index contributed by atoms with van der Waals surface area (Å²) in [7, 11) is -4.10. The average Bonchev–Trinajstić information content (AvgIpc) is 2.87. The van der Waals surface area contributed by atoms with Crippen molar-refractivity contribution in [2.45, 2.75) is 9.79 Å². The van der Waals surface area contributed by atoms with Gasteiger partial charge in [0.25, 0.3) is 10.0 Å². The van der Waals surface area contributed by atoms with Gasteiger partial charge in [-0.3, -0.25) is 9.10 Å². The van der Waals surface area contributed by atoms with Crippen molar-refractivity contribution in [3.63, 3.8) is 0 Å². The summed E-state index contributed by atoms with van der Waals surface area (Å²) in [5, 5.41) is 0.641. The first kappa shape index (κ1) is 25.3. The topological polar surface area (TPSA) is 60.9 Å². The summed E-state index contributed by atoms with van der Waals surface area (Å²) in [6, 6.07) is 19.2. The fourth-order valence-corrected chi connectivity index (χ4v) is 5.93. The molecule has 1 heterocycles. The second-order valence-electron chi connectivity index (χ2n) is 8.01. The first-order chi connectivity index (χ1) is 16.8. The maximum absolute atomic E-state index is 14.0. The molecule has 184 valence electrons. The van der Waals surface area contributed by atoms with Gasteiger partial charge in [0.05, 0.1) is 10.6 Å². The Morgan fingerprint density at radius 3 is 2.31 bits per heavy atom. The lowest BCUT2D eigenvalue weighted by atomic mass is 10.2. The SMILES string of the molecule is CSc1ccc(S(=O)(=O)N(CC(=O)N2CCN(c3cccc(Cl)c3)CC2)c2cccc(F)c2)cc1. The van der Waals surface area contributed by atoms with Crippen LogP contribution >= 0.6 is 23.4 Å². The van der Waals surface area contributed by atoms with Crippen LogP contribution in [0.3, 0.4) is 0 Å². The second kappa shape index (κ2) is 10.9. The molecule has 0 N–H and O–H groups in total. The first-order valence-electron chi connectivity index (χ1n) is 11.0. The number of anilines is 2. The standard InChI is InChI=1S/C25H25ClFN3O3S2/c1-34-23-8-10-24(11-9-23)35(32,33)30(22-7-3-5-20(27)17-22)18-25(31)29-14-12-28(13-15-29)21-6-2-4-19(26)16-21/h2-11,16-17H,12-15,18H2,1H3. The molecule has 1 fully saturated rings. The van der Waals surface area contributed by atoms with E-state index in [4.69, 9.17) is 11.6 Å². The zero-order chi connectivity index (χ0) is 25.0. The Hall–Kier alpha value is -2.75. The van der Waals surface area contributed by atoms with E-state index in [1.165, 1.54) is 42.1 Å². The molecule has 1 aliphatic rings. The molecular weight excluding hydrogens is 509 g/mol. The third-order valence-corrected chi connectivity index (χ3v) is 8.59. The smallest absolute Gasteiger partial charge is 0.264 e. The van der Waals surface area contributed by atoms with Gasteiger partial charge in [0, 0.05) is 41.8 Å². The van der Waals surface area contributed by atoms with Crippen LogP contribution < -0.4 is 9.21 Å². The van der Waals surface area contributed by atoms with Crippen LogP contribution in [-0.4, -0.2) is 58.2 Å². The highest BCUT2D eigenvalue weighted by molar-refractivity contribution is 7.98. The lowest BCUT2D eigenvalue weighted by Gasteiger charge is -2.37. The monoisotopic (exact) mass is 533 g/mol. The summed E-state index contributed by atoms with van der Waals surface area (Å²) in [6.07, 6.45) is 1.90. The van der Waals surface area contributed by atoms with Gasteiger partial charge in [0.1, 0.15) is 12.4 Å². The van der Waals surface area contributed by atoms with Gasteiger partial charge >= 0.3 is 0 Å². The summed E-state index contributed by atoms with van der Waals surface area (Å²) in [4.78, 5) is 17.9. The molecule has 0 spiro atoms. The van der Waals surface area contributed by atoms with Crippen molar-refractivity contribution >= 4 is 50.7 Å². The van der Waals surface area contributed by atoms with E-state index in [9.17, 15) is 17.6 Å². The molecule has 3 aromatic rings. The van der Waals surface area contributed by atoms with Crippen molar-refractivity contribution < 1.29 is 17.6 Å². The van der Waals surface area contributed by atoms with E-state index >= 15 is 0 Å². The van der Waals surface area contributed by atoms with Crippen molar-refractivity contribution in [2.75, 3.05) is 48.2 Å². The molecule has 6 nitrogen and oxygen atoms in total. The molecule has 4 rings (SSSR count). The zero-order valence-electron chi connectivity index (χ0n) is 19.1. The Kier molecular flexibility index (Phi) is 7.88. The number of amides is 1. The lowest BCUT2D eigenvalue weighted by Crippen LogP contribution is -2.52. The summed E-state index contributed by atoms with van der Waals surface area (Å²) in [6.45, 7) is 1.63. The molecule has 0 aliphatic carbocycles. The molecular formula is C25H25ClFN3O3S2. The number of halogens is 2. The number of piperazine rings is 1. The molecule has 0 bridgehead atoms. The number of thioether (sulfide) groups is 1. The van der Waals surface area contributed by atoms with Crippen LogP contribution in [0.2, 0.25) is 5.02 Å². The van der Waals surface area contributed by atoms with Crippen molar-refractivity contribution in [2.24, 2.45) is 0 Å². The Labute approximate surface area is 214 Å². The molecule has 1 saturated heterocycles. The van der Waals surface area contributed by atoms with Gasteiger partial charge in [-0.05, 0) is 66.9 Å². The summed E-state index contributed by atoms with van der Waals surface area (Å²) in [5.41, 5.74) is 1.08. The number of rotatable bonds is 7. The minimum absolute atomic E-state index is 0.0399. The van der Waals surface area contributed by atoms with E-state index in [-0.39, 0.29) is 16.5 Å². The highest BCUT2D eigenvalue weighted by Gasteiger charge is 2.30. The summed E-state index contributed by atoms with van der Waals surface area (Å²) >= 11 is 7.59. The number of hydrogen-bond acceptors (Lipinski definition) is 5. The Bertz CT molecular complexity index is 1300. The Morgan fingerprint density at radius 1 is 1.00 bits per heavy atom. The third-order valence-electron chi connectivity index (χ3n) is 5.83. The van der Waals surface area contributed by atoms with Gasteiger partial charge in [-0.1, -0.05) is 23.7 Å². The molecule has 0 saturated carbocycles. The highest BCUT2D eigenvalue weighted by Crippen LogP contribution is 2.27. The van der Waals surface area contributed by atoms with Crippen LogP contribution in [0.15, 0.2) is 82.6 Å². The number of benzene rings is 3. The molecule has 3 aromatic carbocycles. The van der Waals surface area contributed by atoms with Gasteiger partial charge in [-0.15, -0.1) is 11.8 Å². The fraction of sp³-hybridized carbons (Fsp3) is 0.240. The van der Waals surface area contributed by atoms with Crippen LogP contribution in [0, 0.1) is 5.82 Å². The van der Waals surface area contributed by atoms with Crippen LogP contribution in [0.5, 0.6) is 0 Å². The van der Waals surface area contributed by atoms with E-state index in [2.05, 4.69) is 4.90 Å². The van der Waals surface area contributed by atoms with Crippen LogP contribution in [0.4, 0.5) is 15.8 Å². The summed E-state index contributed by atoms with van der Waals surface area (Å²) < 4.78 is 42.1. The van der Waals surface area contributed by atoms with E-state index in [1.54, 1.807) is 23.1 Å². The molecule has 1 amide bonds. The van der Waals surface area contributed by atoms with Gasteiger partial charge in [0.2, 0.25) is 5.91 Å². The minimum atomic E-state index is -4.10. The quantitative estimate of drug-likeness (QED) is 0.410. The van der Waals surface area contributed by atoms with E-state index in [1.807, 2.05) is 24.5 Å². The van der Waals surface area contributed by atoms with Gasteiger partial charge < -0.3 is 9.80 Å². The van der Waals surface area contributed by atoms with Crippen molar-refractivity contribution in [1.82, 2.24) is 4.90 Å². The minimum Gasteiger partial charge on any atom is -0.368 e. The van der Waals surface area contributed by atoms with Gasteiger partial charge in [-0.2, -0.15) is 0 Å². The summed E-state index contributed by atoms with van der Waals surface area (Å²) in [5.74, 6) is -0.924. The maximum atomic E-state index is 14.0. The molecule has 1 aliphatic heterocycles. The molecule has 0 atom stereocenters. The van der Waals surface area contributed by atoms with E-state index < -0.39 is 22.4 Å². The van der Waals surface area contributed by atoms with E-state index in [0.29, 0.717) is 31.2 Å². The Balaban J connectivity index is 1.54. The van der Waals surface area contributed by atoms with Gasteiger partial charge in [0.15, 0.2) is 0 Å². The third kappa shape index (κ3) is 5.91. The average molecular weight is 534 g/mol. The van der Waals surface area contributed by atoms with Crippen LogP contribution in [-0.2, 0) is 14.8 Å². The highest BCUT2D eigenvalue weighted by atomic mass is 35.5. The van der Waals surface area contributed by atoms with Crippen LogP contribution in [0.25, 0.3) is 0 Å². The number of carbonyl (C=O) groups excluding carboxylic acids is 1. The number of sulfonamides is 1. The molecule has 35 heavy (non-hydrogen) atoms. The number of carbonyl (C=O) groups is 1. The fourth-order valence-electron chi connectivity index (χ4n) is 3.93. The maximum Gasteiger partial charge on any atom is 0.264 e. The Morgan fingerprint density at radius 2 is 1.69 bits per heavy atom. The predicted octanol–water partition coefficient (Wildman–Crippen LogP) is 4.75. The molecule has 0 aromatic heterocycles. The molecule has 10 heteroatoms. The second-order valence-corrected chi connectivity index (χ2v) is 11.2. The van der Waals surface area contributed by atoms with Crippen molar-refractivity contribution in [3.8, 4) is 0 Å². The van der Waals surface area contributed by atoms with Crippen molar-refractivity contribution in [3.05, 3.63) is 83.6 Å². The molecule has 0 radical (unpaired) electrons. The number of hydrogen-bond donors (Lipinski definition) is 0. The lowest BCUT2D eigenvalue weighted by molar-refractivity contribution is -0.129. The zero-order valence-corrected chi connectivity index (χ0v) is 21.5. The van der Waals surface area contributed by atoms with E-state index in [0.717, 1.165) is 21.0 Å². The predicted molar refractivity (Wildman–Crippen MR) is 139 cm³/mol. The first-order valence-corrected chi connectivity index (χ1v) is 14.0. The van der Waals surface area contributed by atoms with Crippen LogP contribution in [0.1, 0.15) is 0 Å². The van der Waals surface area contributed by atoms with Crippen molar-refractivity contribution in [1.29, 1.82) is 0 Å². The normalized spacial score (nSPS) is 14.1. The largest absolute Gasteiger partial charge is 0.368 e.